The number of hydrogen-bond acceptors (Lipinski definition) is 4. The minimum absolute atomic E-state index is 0.0134. The molecule has 1 amide bonds. The number of amides is 1. The van der Waals surface area contributed by atoms with Crippen molar-refractivity contribution in [3.8, 4) is 0 Å². The van der Waals surface area contributed by atoms with Gasteiger partial charge in [-0.05, 0) is 32.0 Å². The third kappa shape index (κ3) is 3.19. The molecule has 1 heterocycles. The predicted octanol–water partition coefficient (Wildman–Crippen LogP) is 1.56. The monoisotopic (exact) mass is 287 g/mol. The first-order chi connectivity index (χ1) is 10.0. The molecule has 21 heavy (non-hydrogen) atoms. The van der Waals surface area contributed by atoms with Crippen molar-refractivity contribution in [3.05, 3.63) is 47.3 Å². The highest BCUT2D eigenvalue weighted by Crippen LogP contribution is 2.13. The Morgan fingerprint density at radius 2 is 2.24 bits per heavy atom. The molecule has 0 aliphatic rings. The number of nitrogens with two attached hydrogens (primary N) is 1. The maximum Gasteiger partial charge on any atom is 0.273 e. The number of aromatic nitrogens is 2. The van der Waals surface area contributed by atoms with Gasteiger partial charge in [0.1, 0.15) is 5.69 Å². The van der Waals surface area contributed by atoms with Gasteiger partial charge in [0.15, 0.2) is 5.84 Å². The molecule has 0 fully saturated rings. The predicted molar refractivity (Wildman–Crippen MR) is 79.5 cm³/mol. The average molecular weight is 287 g/mol. The summed E-state index contributed by atoms with van der Waals surface area (Å²) in [6.07, 6.45) is 0. The molecule has 110 valence electrons. The molecular weight excluding hydrogens is 270 g/mol. The minimum Gasteiger partial charge on any atom is -0.409 e. The van der Waals surface area contributed by atoms with Crippen molar-refractivity contribution in [2.75, 3.05) is 5.32 Å². The summed E-state index contributed by atoms with van der Waals surface area (Å²) >= 11 is 0. The lowest BCUT2D eigenvalue weighted by Gasteiger charge is -2.08. The van der Waals surface area contributed by atoms with Gasteiger partial charge in [0.25, 0.3) is 5.91 Å². The van der Waals surface area contributed by atoms with Crippen molar-refractivity contribution in [1.29, 1.82) is 0 Å². The second-order valence-corrected chi connectivity index (χ2v) is 4.51. The zero-order valence-corrected chi connectivity index (χ0v) is 11.9. The van der Waals surface area contributed by atoms with Crippen molar-refractivity contribution in [2.24, 2.45) is 10.9 Å². The summed E-state index contributed by atoms with van der Waals surface area (Å²) in [7, 11) is 0. The standard InChI is InChI=1S/C14H17N5O2/c1-3-19-12(7-9(2)17-19)14(20)16-11-6-4-5-10(8-11)13(15)18-21/h4-8,21H,3H2,1-2H3,(H2,15,18)(H,16,20). The molecule has 0 atom stereocenters. The summed E-state index contributed by atoms with van der Waals surface area (Å²) in [6, 6.07) is 8.49. The summed E-state index contributed by atoms with van der Waals surface area (Å²) in [6.45, 7) is 4.37. The van der Waals surface area contributed by atoms with Gasteiger partial charge >= 0.3 is 0 Å². The highest BCUT2D eigenvalue weighted by atomic mass is 16.4. The van der Waals surface area contributed by atoms with Gasteiger partial charge < -0.3 is 16.3 Å². The molecule has 0 spiro atoms. The quantitative estimate of drug-likeness (QED) is 0.343. The molecule has 2 aromatic rings. The molecule has 0 aliphatic heterocycles. The van der Waals surface area contributed by atoms with Crippen LogP contribution in [0.3, 0.4) is 0 Å². The van der Waals surface area contributed by atoms with E-state index in [-0.39, 0.29) is 11.7 Å². The number of rotatable bonds is 4. The fourth-order valence-electron chi connectivity index (χ4n) is 1.98. The second kappa shape index (κ2) is 6.08. The van der Waals surface area contributed by atoms with Gasteiger partial charge in [-0.3, -0.25) is 9.48 Å². The van der Waals surface area contributed by atoms with Crippen LogP contribution in [-0.4, -0.2) is 26.7 Å². The number of nitrogens with zero attached hydrogens (tertiary/aromatic N) is 3. The van der Waals surface area contributed by atoms with E-state index in [0.717, 1.165) is 5.69 Å². The molecule has 2 rings (SSSR count). The Bertz CT molecular complexity index is 690. The first-order valence-corrected chi connectivity index (χ1v) is 6.49. The van der Waals surface area contributed by atoms with Gasteiger partial charge in [-0.25, -0.2) is 0 Å². The zero-order valence-electron chi connectivity index (χ0n) is 11.9. The topological polar surface area (TPSA) is 106 Å². The maximum absolute atomic E-state index is 12.3. The van der Waals surface area contributed by atoms with Crippen LogP contribution in [0.4, 0.5) is 5.69 Å². The summed E-state index contributed by atoms with van der Waals surface area (Å²) in [5.41, 5.74) is 7.89. The number of hydrogen-bond donors (Lipinski definition) is 3. The van der Waals surface area contributed by atoms with Crippen molar-refractivity contribution >= 4 is 17.4 Å². The Balaban J connectivity index is 2.23. The zero-order chi connectivity index (χ0) is 15.4. The first-order valence-electron chi connectivity index (χ1n) is 6.49. The molecule has 7 nitrogen and oxygen atoms in total. The van der Waals surface area contributed by atoms with Crippen LogP contribution < -0.4 is 11.1 Å². The van der Waals surface area contributed by atoms with E-state index in [4.69, 9.17) is 10.9 Å². The van der Waals surface area contributed by atoms with Crippen LogP contribution in [-0.2, 0) is 6.54 Å². The Labute approximate surface area is 122 Å². The number of carbonyl (C=O) groups is 1. The highest BCUT2D eigenvalue weighted by Gasteiger charge is 2.13. The summed E-state index contributed by atoms with van der Waals surface area (Å²) in [5.74, 6) is -0.269. The normalized spacial score (nSPS) is 11.4. The highest BCUT2D eigenvalue weighted by molar-refractivity contribution is 6.04. The number of carbonyl (C=O) groups excluding carboxylic acids is 1. The Hall–Kier alpha value is -2.83. The molecule has 0 aliphatic carbocycles. The van der Waals surface area contributed by atoms with E-state index >= 15 is 0 Å². The lowest BCUT2D eigenvalue weighted by atomic mass is 10.2. The fourth-order valence-corrected chi connectivity index (χ4v) is 1.98. The number of oxime groups is 1. The van der Waals surface area contributed by atoms with Gasteiger partial charge in [0.05, 0.1) is 5.69 Å². The van der Waals surface area contributed by atoms with Gasteiger partial charge in [-0.2, -0.15) is 5.10 Å². The van der Waals surface area contributed by atoms with Gasteiger partial charge in [-0.1, -0.05) is 17.3 Å². The van der Waals surface area contributed by atoms with Crippen molar-refractivity contribution in [1.82, 2.24) is 9.78 Å². The van der Waals surface area contributed by atoms with Crippen LogP contribution >= 0.6 is 0 Å². The molecule has 7 heteroatoms. The lowest BCUT2D eigenvalue weighted by molar-refractivity contribution is 0.101. The van der Waals surface area contributed by atoms with Crippen LogP contribution in [0.15, 0.2) is 35.5 Å². The molecule has 0 saturated heterocycles. The van der Waals surface area contributed by atoms with E-state index in [1.54, 1.807) is 35.0 Å². The Kier molecular flexibility index (Phi) is 4.22. The van der Waals surface area contributed by atoms with E-state index in [2.05, 4.69) is 15.6 Å². The van der Waals surface area contributed by atoms with Crippen molar-refractivity contribution in [3.63, 3.8) is 0 Å². The molecule has 0 bridgehead atoms. The van der Waals surface area contributed by atoms with E-state index in [9.17, 15) is 4.79 Å². The van der Waals surface area contributed by atoms with Crippen molar-refractivity contribution < 1.29 is 10.0 Å². The molecule has 0 radical (unpaired) electrons. The third-order valence-electron chi connectivity index (χ3n) is 2.96. The molecule has 0 saturated carbocycles. The molecular formula is C14H17N5O2. The maximum atomic E-state index is 12.3. The van der Waals surface area contributed by atoms with E-state index < -0.39 is 0 Å². The number of aryl methyl sites for hydroxylation is 2. The van der Waals surface area contributed by atoms with Crippen LogP contribution in [0, 0.1) is 6.92 Å². The van der Waals surface area contributed by atoms with Gasteiger partial charge in [0.2, 0.25) is 0 Å². The number of nitrogens with one attached hydrogen (secondary N) is 1. The lowest BCUT2D eigenvalue weighted by Crippen LogP contribution is -2.18. The van der Waals surface area contributed by atoms with Crippen LogP contribution in [0.1, 0.15) is 28.7 Å². The van der Waals surface area contributed by atoms with Gasteiger partial charge in [0, 0.05) is 17.8 Å². The fraction of sp³-hybridized carbons (Fsp3) is 0.214. The third-order valence-corrected chi connectivity index (χ3v) is 2.96. The summed E-state index contributed by atoms with van der Waals surface area (Å²) in [4.78, 5) is 12.3. The smallest absolute Gasteiger partial charge is 0.273 e. The van der Waals surface area contributed by atoms with E-state index in [1.165, 1.54) is 0 Å². The van der Waals surface area contributed by atoms with E-state index in [0.29, 0.717) is 23.5 Å². The summed E-state index contributed by atoms with van der Waals surface area (Å²) in [5, 5.41) is 18.6. The SMILES string of the molecule is CCn1nc(C)cc1C(=O)Nc1cccc(C(N)=NO)c1. The summed E-state index contributed by atoms with van der Waals surface area (Å²) < 4.78 is 1.64. The number of anilines is 1. The Morgan fingerprint density at radius 1 is 1.48 bits per heavy atom. The second-order valence-electron chi connectivity index (χ2n) is 4.51. The largest absolute Gasteiger partial charge is 0.409 e. The average Bonchev–Trinajstić information content (AvgIpc) is 2.88. The molecule has 0 unspecified atom stereocenters. The first kappa shape index (κ1) is 14.6. The van der Waals surface area contributed by atoms with E-state index in [1.807, 2.05) is 13.8 Å². The Morgan fingerprint density at radius 3 is 2.90 bits per heavy atom. The van der Waals surface area contributed by atoms with Crippen molar-refractivity contribution in [2.45, 2.75) is 20.4 Å². The molecule has 1 aromatic carbocycles. The van der Waals surface area contributed by atoms with Crippen LogP contribution in [0.5, 0.6) is 0 Å². The molecule has 4 N–H and O–H groups in total. The molecule has 1 aromatic heterocycles. The van der Waals surface area contributed by atoms with Crippen LogP contribution in [0.25, 0.3) is 0 Å². The van der Waals surface area contributed by atoms with Crippen LogP contribution in [0.2, 0.25) is 0 Å². The number of benzene rings is 1. The minimum atomic E-state index is -0.255. The number of amidine groups is 1. The van der Waals surface area contributed by atoms with Gasteiger partial charge in [-0.15, -0.1) is 0 Å².